The van der Waals surface area contributed by atoms with Gasteiger partial charge in [-0.15, -0.1) is 0 Å². The van der Waals surface area contributed by atoms with Gasteiger partial charge in [0.15, 0.2) is 11.6 Å². The van der Waals surface area contributed by atoms with Gasteiger partial charge < -0.3 is 0 Å². The van der Waals surface area contributed by atoms with E-state index in [1.165, 1.54) is 0 Å². The van der Waals surface area contributed by atoms with Crippen molar-refractivity contribution in [1.82, 2.24) is 14.8 Å². The first kappa shape index (κ1) is 8.35. The van der Waals surface area contributed by atoms with Gasteiger partial charge in [-0.1, -0.05) is 6.07 Å². The highest BCUT2D eigenvalue weighted by Gasteiger charge is 2.24. The van der Waals surface area contributed by atoms with Crippen LogP contribution >= 0.6 is 0 Å². The van der Waals surface area contributed by atoms with Gasteiger partial charge in [0.1, 0.15) is 0 Å². The molecule has 0 amide bonds. The molecule has 15 heavy (non-hydrogen) atoms. The minimum absolute atomic E-state index is 0.187. The lowest BCUT2D eigenvalue weighted by Gasteiger charge is -2.02. The Kier molecular flexibility index (Phi) is 1.68. The smallest absolute Gasteiger partial charge is 0.166 e. The first-order valence-corrected chi connectivity index (χ1v) is 4.88. The quantitative estimate of drug-likeness (QED) is 0.697. The highest BCUT2D eigenvalue weighted by molar-refractivity contribution is 5.99. The van der Waals surface area contributed by atoms with Crippen LogP contribution in [0.1, 0.15) is 22.5 Å². The zero-order valence-electron chi connectivity index (χ0n) is 8.05. The van der Waals surface area contributed by atoms with Gasteiger partial charge in [-0.2, -0.15) is 5.10 Å². The minimum atomic E-state index is 0.187. The molecule has 3 rings (SSSR count). The molecule has 2 heterocycles. The van der Waals surface area contributed by atoms with Crippen molar-refractivity contribution in [3.63, 3.8) is 0 Å². The number of fused-ring (bicyclic) bond motifs is 1. The normalized spacial score (nSPS) is 14.3. The molecular weight excluding hydrogens is 190 g/mol. The van der Waals surface area contributed by atoms with E-state index in [0.29, 0.717) is 6.42 Å². The molecular formula is C11H9N3O. The average Bonchev–Trinajstić information content (AvgIpc) is 2.83. The van der Waals surface area contributed by atoms with Crippen molar-refractivity contribution >= 4 is 5.78 Å². The third-order valence-electron chi connectivity index (χ3n) is 2.62. The summed E-state index contributed by atoms with van der Waals surface area (Å²) < 4.78 is 1.75. The molecule has 4 nitrogen and oxygen atoms in total. The molecule has 0 atom stereocenters. The summed E-state index contributed by atoms with van der Waals surface area (Å²) in [5, 5.41) is 4.19. The Labute approximate surface area is 86.6 Å². The summed E-state index contributed by atoms with van der Waals surface area (Å²) in [6.45, 7) is 0. The second-order valence-electron chi connectivity index (χ2n) is 3.53. The molecule has 0 unspecified atom stereocenters. The number of carbonyl (C=O) groups is 1. The molecule has 0 aromatic carbocycles. The second-order valence-corrected chi connectivity index (χ2v) is 3.53. The number of hydrogen-bond donors (Lipinski definition) is 0. The first-order chi connectivity index (χ1) is 7.36. The van der Waals surface area contributed by atoms with Gasteiger partial charge in [-0.25, -0.2) is 9.67 Å². The van der Waals surface area contributed by atoms with Crippen LogP contribution in [0.4, 0.5) is 0 Å². The highest BCUT2D eigenvalue weighted by atomic mass is 16.1. The number of Topliss-reactive ketones (excluding diaryl/α,β-unsaturated/α-hetero) is 1. The van der Waals surface area contributed by atoms with Crippen molar-refractivity contribution in [2.75, 3.05) is 0 Å². The Morgan fingerprint density at radius 1 is 1.27 bits per heavy atom. The lowest BCUT2D eigenvalue weighted by Crippen LogP contribution is -2.02. The molecule has 0 aliphatic heterocycles. The fourth-order valence-electron chi connectivity index (χ4n) is 1.89. The largest absolute Gasteiger partial charge is 0.294 e. The molecule has 0 fully saturated rings. The fourth-order valence-corrected chi connectivity index (χ4v) is 1.89. The predicted octanol–water partition coefficient (Wildman–Crippen LogP) is 1.40. The number of carbonyl (C=O) groups excluding carboxylic acids is 1. The summed E-state index contributed by atoms with van der Waals surface area (Å²) in [5.41, 5.74) is 1.74. The molecule has 0 spiro atoms. The van der Waals surface area contributed by atoms with Crippen LogP contribution in [0, 0.1) is 0 Å². The van der Waals surface area contributed by atoms with E-state index < -0.39 is 0 Å². The van der Waals surface area contributed by atoms with Crippen LogP contribution in [-0.4, -0.2) is 20.5 Å². The summed E-state index contributed by atoms with van der Waals surface area (Å²) in [4.78, 5) is 15.6. The van der Waals surface area contributed by atoms with Gasteiger partial charge in [0.25, 0.3) is 0 Å². The monoisotopic (exact) mass is 199 g/mol. The van der Waals surface area contributed by atoms with Crippen LogP contribution in [0.2, 0.25) is 0 Å². The van der Waals surface area contributed by atoms with Gasteiger partial charge in [0.05, 0.1) is 17.5 Å². The molecule has 0 saturated heterocycles. The van der Waals surface area contributed by atoms with Gasteiger partial charge in [-0.05, 0) is 18.6 Å². The Hall–Kier alpha value is -1.97. The number of aromatic nitrogens is 3. The van der Waals surface area contributed by atoms with Crippen molar-refractivity contribution in [2.24, 2.45) is 0 Å². The van der Waals surface area contributed by atoms with Crippen LogP contribution in [-0.2, 0) is 6.42 Å². The molecule has 0 radical (unpaired) electrons. The third kappa shape index (κ3) is 1.18. The minimum Gasteiger partial charge on any atom is -0.294 e. The summed E-state index contributed by atoms with van der Waals surface area (Å²) in [5.74, 6) is 0.959. The van der Waals surface area contributed by atoms with Gasteiger partial charge >= 0.3 is 0 Å². The lowest BCUT2D eigenvalue weighted by atomic mass is 10.3. The topological polar surface area (TPSA) is 47.8 Å². The predicted molar refractivity (Wildman–Crippen MR) is 54.0 cm³/mol. The van der Waals surface area contributed by atoms with E-state index >= 15 is 0 Å². The molecule has 1 aliphatic rings. The van der Waals surface area contributed by atoms with Crippen molar-refractivity contribution in [3.05, 3.63) is 41.9 Å². The third-order valence-corrected chi connectivity index (χ3v) is 2.62. The molecule has 4 heteroatoms. The van der Waals surface area contributed by atoms with E-state index in [9.17, 15) is 4.79 Å². The lowest BCUT2D eigenvalue weighted by molar-refractivity contribution is 0.0994. The SMILES string of the molecule is O=C1CCc2c1cnn2-c1ccccn1. The zero-order chi connectivity index (χ0) is 10.3. The van der Waals surface area contributed by atoms with Crippen molar-refractivity contribution in [1.29, 1.82) is 0 Å². The fraction of sp³-hybridized carbons (Fsp3) is 0.182. The molecule has 1 aliphatic carbocycles. The van der Waals surface area contributed by atoms with Crippen LogP contribution in [0.15, 0.2) is 30.6 Å². The van der Waals surface area contributed by atoms with Crippen LogP contribution in [0.25, 0.3) is 5.82 Å². The molecule has 2 aromatic heterocycles. The molecule has 74 valence electrons. The number of ketones is 1. The van der Waals surface area contributed by atoms with Crippen molar-refractivity contribution in [2.45, 2.75) is 12.8 Å². The van der Waals surface area contributed by atoms with Crippen molar-refractivity contribution < 1.29 is 4.79 Å². The Morgan fingerprint density at radius 2 is 2.20 bits per heavy atom. The maximum absolute atomic E-state index is 11.4. The van der Waals surface area contributed by atoms with E-state index in [0.717, 1.165) is 23.5 Å². The number of hydrogen-bond acceptors (Lipinski definition) is 3. The highest BCUT2D eigenvalue weighted by Crippen LogP contribution is 2.23. The van der Waals surface area contributed by atoms with Crippen LogP contribution < -0.4 is 0 Å². The maximum Gasteiger partial charge on any atom is 0.166 e. The van der Waals surface area contributed by atoms with Crippen LogP contribution in [0.5, 0.6) is 0 Å². The first-order valence-electron chi connectivity index (χ1n) is 4.88. The molecule has 0 N–H and O–H groups in total. The van der Waals surface area contributed by atoms with Gasteiger partial charge in [0.2, 0.25) is 0 Å². The Balaban J connectivity index is 2.16. The van der Waals surface area contributed by atoms with Gasteiger partial charge in [-0.3, -0.25) is 4.79 Å². The Bertz CT molecular complexity index is 516. The van der Waals surface area contributed by atoms with E-state index in [1.807, 2.05) is 18.2 Å². The van der Waals surface area contributed by atoms with Crippen molar-refractivity contribution in [3.8, 4) is 5.82 Å². The second kappa shape index (κ2) is 3.02. The summed E-state index contributed by atoms with van der Waals surface area (Å²) >= 11 is 0. The number of nitrogens with zero attached hydrogens (tertiary/aromatic N) is 3. The summed E-state index contributed by atoms with van der Waals surface area (Å²) in [6.07, 6.45) is 4.73. The standard InChI is InChI=1S/C11H9N3O/c15-10-5-4-9-8(10)7-13-14(9)11-3-1-2-6-12-11/h1-3,6-7H,4-5H2. The van der Waals surface area contributed by atoms with E-state index in [1.54, 1.807) is 17.1 Å². The van der Waals surface area contributed by atoms with E-state index in [2.05, 4.69) is 10.1 Å². The Morgan fingerprint density at radius 3 is 3.00 bits per heavy atom. The van der Waals surface area contributed by atoms with Gasteiger partial charge in [0, 0.05) is 12.6 Å². The van der Waals surface area contributed by atoms with E-state index in [4.69, 9.17) is 0 Å². The zero-order valence-corrected chi connectivity index (χ0v) is 8.05. The number of pyridine rings is 1. The summed E-state index contributed by atoms with van der Waals surface area (Å²) in [6, 6.07) is 5.65. The molecule has 2 aromatic rings. The van der Waals surface area contributed by atoms with Crippen LogP contribution in [0.3, 0.4) is 0 Å². The maximum atomic E-state index is 11.4. The molecule has 0 bridgehead atoms. The average molecular weight is 199 g/mol. The summed E-state index contributed by atoms with van der Waals surface area (Å²) in [7, 11) is 0. The number of rotatable bonds is 1. The molecule has 0 saturated carbocycles. The van der Waals surface area contributed by atoms with E-state index in [-0.39, 0.29) is 5.78 Å².